The van der Waals surface area contributed by atoms with Crippen LogP contribution in [0.1, 0.15) is 18.2 Å². The van der Waals surface area contributed by atoms with E-state index in [1.54, 1.807) is 6.20 Å². The van der Waals surface area contributed by atoms with Crippen LogP contribution in [0.25, 0.3) is 0 Å². The highest BCUT2D eigenvalue weighted by Crippen LogP contribution is 2.16. The molecular formula is C16H16F2N2O2. The molecule has 1 aromatic carbocycles. The fraction of sp³-hybridized carbons (Fsp3) is 0.250. The molecule has 1 atom stereocenters. The van der Waals surface area contributed by atoms with Gasteiger partial charge in [-0.1, -0.05) is 6.07 Å². The summed E-state index contributed by atoms with van der Waals surface area (Å²) in [6.07, 6.45) is 0.847. The number of ether oxygens (including phenoxy) is 1. The number of benzene rings is 1. The van der Waals surface area contributed by atoms with Crippen molar-refractivity contribution >= 4 is 5.91 Å². The van der Waals surface area contributed by atoms with Crippen LogP contribution >= 0.6 is 0 Å². The molecule has 0 radical (unpaired) electrons. The van der Waals surface area contributed by atoms with Crippen LogP contribution in [-0.2, 0) is 11.3 Å². The standard InChI is InChI=1S/C16H16F2N2O2/c1-10-3-4-12(8-19-10)9-20-16(21)11(2)22-13-5-6-14(17)15(18)7-13/h3-8,11H,9H2,1-2H3,(H,20,21)/t11-/m0/s1. The average Bonchev–Trinajstić information content (AvgIpc) is 2.50. The molecule has 0 aliphatic heterocycles. The number of halogens is 2. The van der Waals surface area contributed by atoms with Crippen LogP contribution < -0.4 is 10.1 Å². The van der Waals surface area contributed by atoms with Gasteiger partial charge in [-0.3, -0.25) is 9.78 Å². The topological polar surface area (TPSA) is 51.2 Å². The molecule has 0 fully saturated rings. The zero-order valence-electron chi connectivity index (χ0n) is 12.3. The van der Waals surface area contributed by atoms with Crippen LogP contribution in [0, 0.1) is 18.6 Å². The SMILES string of the molecule is Cc1ccc(CNC(=O)[C@H](C)Oc2ccc(F)c(F)c2)cn1. The van der Waals surface area contributed by atoms with Gasteiger partial charge in [0.05, 0.1) is 0 Å². The lowest BCUT2D eigenvalue weighted by Gasteiger charge is -2.15. The summed E-state index contributed by atoms with van der Waals surface area (Å²) < 4.78 is 31.2. The maximum atomic E-state index is 13.1. The van der Waals surface area contributed by atoms with E-state index >= 15 is 0 Å². The summed E-state index contributed by atoms with van der Waals surface area (Å²) in [7, 11) is 0. The number of carbonyl (C=O) groups is 1. The molecular weight excluding hydrogens is 290 g/mol. The Bertz CT molecular complexity index is 660. The summed E-state index contributed by atoms with van der Waals surface area (Å²) >= 11 is 0. The van der Waals surface area contributed by atoms with E-state index in [2.05, 4.69) is 10.3 Å². The highest BCUT2D eigenvalue weighted by atomic mass is 19.2. The van der Waals surface area contributed by atoms with Crippen molar-refractivity contribution in [3.63, 3.8) is 0 Å². The Hall–Kier alpha value is -2.50. The van der Waals surface area contributed by atoms with Crippen LogP contribution in [0.2, 0.25) is 0 Å². The van der Waals surface area contributed by atoms with Crippen molar-refractivity contribution in [2.24, 2.45) is 0 Å². The first-order valence-electron chi connectivity index (χ1n) is 6.76. The fourth-order valence-electron chi connectivity index (χ4n) is 1.74. The smallest absolute Gasteiger partial charge is 0.261 e. The molecule has 2 aromatic rings. The number of pyridine rings is 1. The molecule has 116 valence electrons. The number of nitrogens with one attached hydrogen (secondary N) is 1. The maximum absolute atomic E-state index is 13.1. The van der Waals surface area contributed by atoms with E-state index in [-0.39, 0.29) is 11.7 Å². The Kier molecular flexibility index (Phi) is 5.04. The first-order chi connectivity index (χ1) is 10.5. The normalized spacial score (nSPS) is 11.8. The molecule has 0 bridgehead atoms. The predicted molar refractivity (Wildman–Crippen MR) is 77.3 cm³/mol. The van der Waals surface area contributed by atoms with Crippen molar-refractivity contribution in [3.05, 3.63) is 59.4 Å². The predicted octanol–water partition coefficient (Wildman–Crippen LogP) is 2.75. The summed E-state index contributed by atoms with van der Waals surface area (Å²) in [6.45, 7) is 3.72. The summed E-state index contributed by atoms with van der Waals surface area (Å²) in [5.74, 6) is -2.24. The Morgan fingerprint density at radius 3 is 2.68 bits per heavy atom. The van der Waals surface area contributed by atoms with Gasteiger partial charge in [0.25, 0.3) is 5.91 Å². The number of rotatable bonds is 5. The van der Waals surface area contributed by atoms with Gasteiger partial charge in [-0.15, -0.1) is 0 Å². The third kappa shape index (κ3) is 4.25. The van der Waals surface area contributed by atoms with Gasteiger partial charge in [-0.25, -0.2) is 8.78 Å². The number of aryl methyl sites for hydroxylation is 1. The number of hydrogen-bond donors (Lipinski definition) is 1. The van der Waals surface area contributed by atoms with Crippen molar-refractivity contribution in [1.82, 2.24) is 10.3 Å². The number of nitrogens with zero attached hydrogens (tertiary/aromatic N) is 1. The molecule has 0 unspecified atom stereocenters. The van der Waals surface area contributed by atoms with Crippen LogP contribution in [0.15, 0.2) is 36.5 Å². The van der Waals surface area contributed by atoms with Crippen LogP contribution in [0.4, 0.5) is 8.78 Å². The zero-order chi connectivity index (χ0) is 16.1. The van der Waals surface area contributed by atoms with E-state index in [1.165, 1.54) is 13.0 Å². The van der Waals surface area contributed by atoms with Crippen LogP contribution in [0.3, 0.4) is 0 Å². The van der Waals surface area contributed by atoms with Gasteiger partial charge in [0, 0.05) is 24.5 Å². The van der Waals surface area contributed by atoms with E-state index in [0.717, 1.165) is 23.4 Å². The van der Waals surface area contributed by atoms with E-state index in [0.29, 0.717) is 6.54 Å². The molecule has 0 saturated heterocycles. The van der Waals surface area contributed by atoms with Gasteiger partial charge < -0.3 is 10.1 Å². The van der Waals surface area contributed by atoms with E-state index in [9.17, 15) is 13.6 Å². The molecule has 6 heteroatoms. The van der Waals surface area contributed by atoms with Gasteiger partial charge >= 0.3 is 0 Å². The van der Waals surface area contributed by atoms with E-state index in [4.69, 9.17) is 4.74 Å². The summed E-state index contributed by atoms with van der Waals surface area (Å²) in [5, 5.41) is 2.69. The lowest BCUT2D eigenvalue weighted by atomic mass is 10.2. The third-order valence-corrected chi connectivity index (χ3v) is 3.01. The first kappa shape index (κ1) is 15.9. The Balaban J connectivity index is 1.88. The first-order valence-corrected chi connectivity index (χ1v) is 6.76. The van der Waals surface area contributed by atoms with Crippen LogP contribution in [-0.4, -0.2) is 17.0 Å². The minimum atomic E-state index is -1.02. The monoisotopic (exact) mass is 306 g/mol. The largest absolute Gasteiger partial charge is 0.481 e. The lowest BCUT2D eigenvalue weighted by molar-refractivity contribution is -0.127. The Morgan fingerprint density at radius 2 is 2.05 bits per heavy atom. The molecule has 0 saturated carbocycles. The Labute approximate surface area is 127 Å². The molecule has 1 aromatic heterocycles. The van der Waals surface area contributed by atoms with Crippen molar-refractivity contribution in [2.45, 2.75) is 26.5 Å². The maximum Gasteiger partial charge on any atom is 0.261 e. The molecule has 1 heterocycles. The molecule has 2 rings (SSSR count). The second-order valence-corrected chi connectivity index (χ2v) is 4.86. The van der Waals surface area contributed by atoms with Gasteiger partial charge in [-0.05, 0) is 37.6 Å². The van der Waals surface area contributed by atoms with Gasteiger partial charge in [-0.2, -0.15) is 0 Å². The minimum Gasteiger partial charge on any atom is -0.481 e. The van der Waals surface area contributed by atoms with Crippen molar-refractivity contribution in [1.29, 1.82) is 0 Å². The van der Waals surface area contributed by atoms with E-state index < -0.39 is 17.7 Å². The quantitative estimate of drug-likeness (QED) is 0.924. The highest BCUT2D eigenvalue weighted by Gasteiger charge is 2.15. The number of hydrogen-bond acceptors (Lipinski definition) is 3. The zero-order valence-corrected chi connectivity index (χ0v) is 12.3. The fourth-order valence-corrected chi connectivity index (χ4v) is 1.74. The van der Waals surface area contributed by atoms with Crippen molar-refractivity contribution < 1.29 is 18.3 Å². The minimum absolute atomic E-state index is 0.0959. The second kappa shape index (κ2) is 6.98. The van der Waals surface area contributed by atoms with Gasteiger partial charge in [0.1, 0.15) is 5.75 Å². The second-order valence-electron chi connectivity index (χ2n) is 4.86. The molecule has 22 heavy (non-hydrogen) atoms. The summed E-state index contributed by atoms with van der Waals surface area (Å²) in [6, 6.07) is 6.84. The lowest BCUT2D eigenvalue weighted by Crippen LogP contribution is -2.35. The third-order valence-electron chi connectivity index (χ3n) is 3.01. The molecule has 1 amide bonds. The van der Waals surface area contributed by atoms with E-state index in [1.807, 2.05) is 19.1 Å². The van der Waals surface area contributed by atoms with Crippen LogP contribution in [0.5, 0.6) is 5.75 Å². The average molecular weight is 306 g/mol. The van der Waals surface area contributed by atoms with Gasteiger partial charge in [0.15, 0.2) is 17.7 Å². The number of carbonyl (C=O) groups excluding carboxylic acids is 1. The van der Waals surface area contributed by atoms with Crippen molar-refractivity contribution in [2.75, 3.05) is 0 Å². The molecule has 1 N–H and O–H groups in total. The highest BCUT2D eigenvalue weighted by molar-refractivity contribution is 5.80. The Morgan fingerprint density at radius 1 is 1.27 bits per heavy atom. The molecule has 4 nitrogen and oxygen atoms in total. The summed E-state index contributed by atoms with van der Waals surface area (Å²) in [5.41, 5.74) is 1.75. The summed E-state index contributed by atoms with van der Waals surface area (Å²) in [4.78, 5) is 16.0. The number of amides is 1. The molecule has 0 spiro atoms. The number of aromatic nitrogens is 1. The molecule has 0 aliphatic carbocycles. The molecule has 0 aliphatic rings. The van der Waals surface area contributed by atoms with Crippen molar-refractivity contribution in [3.8, 4) is 5.75 Å². The van der Waals surface area contributed by atoms with Gasteiger partial charge in [0.2, 0.25) is 0 Å².